The molecule has 0 aliphatic carbocycles. The number of hydrogen-bond donors (Lipinski definition) is 1. The van der Waals surface area contributed by atoms with Crippen molar-refractivity contribution in [3.8, 4) is 5.82 Å². The fourth-order valence-electron chi connectivity index (χ4n) is 2.03. The summed E-state index contributed by atoms with van der Waals surface area (Å²) in [6, 6.07) is 3.23. The summed E-state index contributed by atoms with van der Waals surface area (Å²) in [5.41, 5.74) is 1.59. The molecule has 2 aromatic heterocycles. The molecule has 110 valence electrons. The second-order valence-electron chi connectivity index (χ2n) is 4.93. The molecular formula is C14H16N4O3. The lowest BCUT2D eigenvalue weighted by Crippen LogP contribution is -2.22. The van der Waals surface area contributed by atoms with E-state index in [0.29, 0.717) is 11.3 Å². The molecule has 0 spiro atoms. The molecule has 0 bridgehead atoms. The molecular weight excluding hydrogens is 272 g/mol. The van der Waals surface area contributed by atoms with Crippen LogP contribution in [0.3, 0.4) is 0 Å². The molecule has 2 aromatic rings. The van der Waals surface area contributed by atoms with Gasteiger partial charge in [-0.15, -0.1) is 0 Å². The Morgan fingerprint density at radius 1 is 1.29 bits per heavy atom. The molecule has 0 saturated heterocycles. The summed E-state index contributed by atoms with van der Waals surface area (Å²) in [5.74, 6) is -1.13. The first-order valence-electron chi connectivity index (χ1n) is 6.30. The Labute approximate surface area is 121 Å². The van der Waals surface area contributed by atoms with Crippen molar-refractivity contribution in [3.63, 3.8) is 0 Å². The lowest BCUT2D eigenvalue weighted by atomic mass is 10.1. The fraction of sp³-hybridized carbons (Fsp3) is 0.286. The fourth-order valence-corrected chi connectivity index (χ4v) is 2.03. The van der Waals surface area contributed by atoms with E-state index in [-0.39, 0.29) is 23.0 Å². The first-order chi connectivity index (χ1) is 9.81. The summed E-state index contributed by atoms with van der Waals surface area (Å²) < 4.78 is 1.32. The quantitative estimate of drug-likeness (QED) is 0.919. The van der Waals surface area contributed by atoms with Gasteiger partial charge in [-0.25, -0.2) is 14.5 Å². The van der Waals surface area contributed by atoms with Crippen molar-refractivity contribution in [1.82, 2.24) is 19.7 Å². The van der Waals surface area contributed by atoms with E-state index in [9.17, 15) is 14.7 Å². The average molecular weight is 288 g/mol. The Kier molecular flexibility index (Phi) is 3.75. The number of aromatic carboxylic acids is 1. The first kappa shape index (κ1) is 14.7. The van der Waals surface area contributed by atoms with Crippen LogP contribution in [0, 0.1) is 13.8 Å². The van der Waals surface area contributed by atoms with E-state index < -0.39 is 5.97 Å². The van der Waals surface area contributed by atoms with Gasteiger partial charge in [0.25, 0.3) is 5.91 Å². The molecule has 1 amide bonds. The van der Waals surface area contributed by atoms with E-state index in [1.807, 2.05) is 0 Å². The molecule has 0 fully saturated rings. The molecule has 21 heavy (non-hydrogen) atoms. The van der Waals surface area contributed by atoms with Gasteiger partial charge < -0.3 is 10.0 Å². The van der Waals surface area contributed by atoms with Crippen molar-refractivity contribution in [1.29, 1.82) is 0 Å². The highest BCUT2D eigenvalue weighted by atomic mass is 16.4. The maximum atomic E-state index is 11.9. The Hall–Kier alpha value is -2.70. The minimum atomic E-state index is -1.08. The lowest BCUT2D eigenvalue weighted by molar-refractivity contribution is 0.0695. The van der Waals surface area contributed by atoms with E-state index in [2.05, 4.69) is 10.1 Å². The maximum absolute atomic E-state index is 11.9. The molecule has 2 heterocycles. The summed E-state index contributed by atoms with van der Waals surface area (Å²) in [6.45, 7) is 3.48. The topological polar surface area (TPSA) is 88.3 Å². The smallest absolute Gasteiger partial charge is 0.339 e. The second-order valence-corrected chi connectivity index (χ2v) is 4.93. The Balaban J connectivity index is 2.57. The van der Waals surface area contributed by atoms with E-state index in [4.69, 9.17) is 0 Å². The van der Waals surface area contributed by atoms with Crippen molar-refractivity contribution >= 4 is 11.9 Å². The van der Waals surface area contributed by atoms with Crippen molar-refractivity contribution in [2.24, 2.45) is 0 Å². The molecule has 1 N–H and O–H groups in total. The SMILES string of the molecule is Cc1cc(C)c(C(=O)O)c(-n2ccc(C(=O)N(C)C)n2)n1. The van der Waals surface area contributed by atoms with E-state index in [1.165, 1.54) is 21.8 Å². The van der Waals surface area contributed by atoms with Gasteiger partial charge in [-0.2, -0.15) is 5.10 Å². The normalized spacial score (nSPS) is 10.5. The predicted molar refractivity (Wildman–Crippen MR) is 75.8 cm³/mol. The average Bonchev–Trinajstić information content (AvgIpc) is 2.85. The zero-order valence-electron chi connectivity index (χ0n) is 12.3. The number of carbonyl (C=O) groups excluding carboxylic acids is 1. The van der Waals surface area contributed by atoms with Gasteiger partial charge in [0.15, 0.2) is 11.5 Å². The van der Waals surface area contributed by atoms with Crippen LogP contribution in [0.2, 0.25) is 0 Å². The number of carboxylic acid groups (broad SMARTS) is 1. The summed E-state index contributed by atoms with van der Waals surface area (Å²) in [4.78, 5) is 28.9. The van der Waals surface area contributed by atoms with Gasteiger partial charge in [-0.1, -0.05) is 0 Å². The van der Waals surface area contributed by atoms with E-state index in [0.717, 1.165) is 0 Å². The highest BCUT2D eigenvalue weighted by molar-refractivity contribution is 5.93. The third-order valence-corrected chi connectivity index (χ3v) is 2.97. The number of amides is 1. The van der Waals surface area contributed by atoms with Crippen LogP contribution in [0.4, 0.5) is 0 Å². The summed E-state index contributed by atoms with van der Waals surface area (Å²) in [7, 11) is 3.25. The second kappa shape index (κ2) is 5.35. The largest absolute Gasteiger partial charge is 0.478 e. The number of aryl methyl sites for hydroxylation is 2. The molecule has 0 unspecified atom stereocenters. The van der Waals surface area contributed by atoms with Gasteiger partial charge in [-0.05, 0) is 31.5 Å². The summed E-state index contributed by atoms with van der Waals surface area (Å²) >= 11 is 0. The van der Waals surface area contributed by atoms with Crippen molar-refractivity contribution in [3.05, 3.63) is 40.8 Å². The van der Waals surface area contributed by atoms with E-state index in [1.54, 1.807) is 34.0 Å². The predicted octanol–water partition coefficient (Wildman–Crippen LogP) is 1.28. The zero-order valence-corrected chi connectivity index (χ0v) is 12.3. The number of aromatic nitrogens is 3. The highest BCUT2D eigenvalue weighted by Crippen LogP contribution is 2.18. The molecule has 0 aliphatic rings. The molecule has 2 rings (SSSR count). The van der Waals surface area contributed by atoms with Gasteiger partial charge in [0.05, 0.1) is 0 Å². The lowest BCUT2D eigenvalue weighted by Gasteiger charge is -2.10. The van der Waals surface area contributed by atoms with Crippen LogP contribution in [0.25, 0.3) is 5.82 Å². The van der Waals surface area contributed by atoms with Crippen LogP contribution in [-0.4, -0.2) is 50.7 Å². The Bertz CT molecular complexity index is 719. The molecule has 7 nitrogen and oxygen atoms in total. The molecule has 0 aromatic carbocycles. The van der Waals surface area contributed by atoms with Crippen molar-refractivity contribution in [2.75, 3.05) is 14.1 Å². The number of rotatable bonds is 3. The van der Waals surface area contributed by atoms with E-state index >= 15 is 0 Å². The third-order valence-electron chi connectivity index (χ3n) is 2.97. The van der Waals surface area contributed by atoms with Gasteiger partial charge in [-0.3, -0.25) is 4.79 Å². The third kappa shape index (κ3) is 2.76. The van der Waals surface area contributed by atoms with Gasteiger partial charge >= 0.3 is 5.97 Å². The number of carbonyl (C=O) groups is 2. The number of carboxylic acids is 1. The number of pyridine rings is 1. The standard InChI is InChI=1S/C14H16N4O3/c1-8-7-9(2)15-12(11(8)14(20)21)18-6-5-10(16-18)13(19)17(3)4/h5-7H,1-4H3,(H,20,21). The van der Waals surface area contributed by atoms with Crippen molar-refractivity contribution < 1.29 is 14.7 Å². The van der Waals surface area contributed by atoms with Crippen LogP contribution in [-0.2, 0) is 0 Å². The molecule has 0 atom stereocenters. The molecule has 0 radical (unpaired) electrons. The molecule has 0 aliphatic heterocycles. The minimum absolute atomic E-state index is 0.0764. The summed E-state index contributed by atoms with van der Waals surface area (Å²) in [6.07, 6.45) is 1.53. The number of nitrogens with zero attached hydrogens (tertiary/aromatic N) is 4. The van der Waals surface area contributed by atoms with Gasteiger partial charge in [0.2, 0.25) is 0 Å². The zero-order chi connectivity index (χ0) is 15.7. The maximum Gasteiger partial charge on any atom is 0.339 e. The van der Waals surface area contributed by atoms with Crippen molar-refractivity contribution in [2.45, 2.75) is 13.8 Å². The van der Waals surface area contributed by atoms with Gasteiger partial charge in [0, 0.05) is 26.0 Å². The van der Waals surface area contributed by atoms with Crippen LogP contribution in [0.5, 0.6) is 0 Å². The molecule has 7 heteroatoms. The first-order valence-corrected chi connectivity index (χ1v) is 6.30. The van der Waals surface area contributed by atoms with Crippen LogP contribution < -0.4 is 0 Å². The molecule has 0 saturated carbocycles. The Morgan fingerprint density at radius 2 is 1.95 bits per heavy atom. The Morgan fingerprint density at radius 3 is 2.52 bits per heavy atom. The minimum Gasteiger partial charge on any atom is -0.478 e. The van der Waals surface area contributed by atoms with Gasteiger partial charge in [0.1, 0.15) is 5.56 Å². The van der Waals surface area contributed by atoms with Crippen LogP contribution >= 0.6 is 0 Å². The van der Waals surface area contributed by atoms with Crippen LogP contribution in [0.1, 0.15) is 32.1 Å². The number of hydrogen-bond acceptors (Lipinski definition) is 4. The summed E-state index contributed by atoms with van der Waals surface area (Å²) in [5, 5.41) is 13.5. The highest BCUT2D eigenvalue weighted by Gasteiger charge is 2.19. The monoisotopic (exact) mass is 288 g/mol. The van der Waals surface area contributed by atoms with Crippen LogP contribution in [0.15, 0.2) is 18.3 Å².